The number of benzene rings is 4. The van der Waals surface area contributed by atoms with Gasteiger partial charge in [-0.25, -0.2) is 0 Å². The van der Waals surface area contributed by atoms with Gasteiger partial charge in [-0.1, -0.05) is 96.5 Å². The summed E-state index contributed by atoms with van der Waals surface area (Å²) in [6, 6.07) is 34.1. The third kappa shape index (κ3) is 2.02. The fourth-order valence-electron chi connectivity index (χ4n) is 4.54. The van der Waals surface area contributed by atoms with Gasteiger partial charge in [0.25, 0.3) is 0 Å². The second-order valence-electron chi connectivity index (χ2n) is 7.12. The van der Waals surface area contributed by atoms with Gasteiger partial charge >= 0.3 is 0 Å². The molecule has 2 aromatic heterocycles. The highest BCUT2D eigenvalue weighted by Gasteiger charge is 2.20. The number of hydrogen-bond donors (Lipinski definition) is 0. The smallest absolute Gasteiger partial charge is 0.113 e. The Balaban J connectivity index is 2.04. The molecule has 28 heavy (non-hydrogen) atoms. The van der Waals surface area contributed by atoms with Crippen molar-refractivity contribution in [1.29, 1.82) is 0 Å². The van der Waals surface area contributed by atoms with E-state index in [2.05, 4.69) is 89.3 Å². The maximum atomic E-state index is 6.75. The lowest BCUT2D eigenvalue weighted by atomic mass is 9.94. The van der Waals surface area contributed by atoms with Gasteiger partial charge in [0, 0.05) is 16.3 Å². The van der Waals surface area contributed by atoms with Crippen molar-refractivity contribution in [1.82, 2.24) is 4.40 Å². The van der Waals surface area contributed by atoms with Gasteiger partial charge in [0.2, 0.25) is 0 Å². The van der Waals surface area contributed by atoms with Crippen LogP contribution in [0.2, 0.25) is 5.15 Å². The van der Waals surface area contributed by atoms with Crippen LogP contribution in [0.25, 0.3) is 49.1 Å². The van der Waals surface area contributed by atoms with Gasteiger partial charge in [-0.15, -0.1) is 0 Å². The van der Waals surface area contributed by atoms with Gasteiger partial charge < -0.3 is 0 Å². The quantitative estimate of drug-likeness (QED) is 0.204. The molecule has 132 valence electrons. The van der Waals surface area contributed by atoms with Crippen LogP contribution in [0.4, 0.5) is 0 Å². The lowest BCUT2D eigenvalue weighted by Crippen LogP contribution is -1.87. The zero-order chi connectivity index (χ0) is 18.7. The molecule has 0 aliphatic carbocycles. The van der Waals surface area contributed by atoms with Gasteiger partial charge in [0.15, 0.2) is 0 Å². The molecule has 0 aliphatic heterocycles. The molecular weight excluding hydrogens is 362 g/mol. The highest BCUT2D eigenvalue weighted by Crippen LogP contribution is 2.44. The van der Waals surface area contributed by atoms with Gasteiger partial charge in [-0.05, 0) is 33.9 Å². The minimum Gasteiger partial charge on any atom is -0.299 e. The van der Waals surface area contributed by atoms with Crippen LogP contribution in [-0.2, 0) is 0 Å². The summed E-state index contributed by atoms with van der Waals surface area (Å²) < 4.78 is 2.20. The molecule has 0 radical (unpaired) electrons. The third-order valence-corrected chi connectivity index (χ3v) is 5.94. The van der Waals surface area contributed by atoms with E-state index >= 15 is 0 Å². The minimum absolute atomic E-state index is 0.727. The average molecular weight is 378 g/mol. The maximum absolute atomic E-state index is 6.75. The number of aromatic nitrogens is 1. The summed E-state index contributed by atoms with van der Waals surface area (Å²) in [4.78, 5) is 0. The topological polar surface area (TPSA) is 4.41 Å². The number of nitrogens with zero attached hydrogens (tertiary/aromatic N) is 1. The first kappa shape index (κ1) is 15.7. The Hall–Kier alpha value is -3.29. The first-order valence-electron chi connectivity index (χ1n) is 9.42. The van der Waals surface area contributed by atoms with E-state index in [4.69, 9.17) is 11.6 Å². The monoisotopic (exact) mass is 377 g/mol. The molecule has 0 bridgehead atoms. The van der Waals surface area contributed by atoms with E-state index in [0.29, 0.717) is 0 Å². The summed E-state index contributed by atoms with van der Waals surface area (Å²) in [5.74, 6) is 0. The van der Waals surface area contributed by atoms with Crippen LogP contribution >= 0.6 is 11.6 Å². The van der Waals surface area contributed by atoms with E-state index in [0.717, 1.165) is 10.7 Å². The highest BCUT2D eigenvalue weighted by atomic mass is 35.5. The van der Waals surface area contributed by atoms with Crippen molar-refractivity contribution in [2.24, 2.45) is 0 Å². The Morgan fingerprint density at radius 3 is 1.89 bits per heavy atom. The Labute approximate surface area is 167 Å². The molecule has 0 N–H and O–H groups in total. The molecule has 0 atom stereocenters. The number of halogens is 1. The number of pyridine rings is 1. The molecule has 0 amide bonds. The predicted octanol–water partition coefficient (Wildman–Crippen LogP) is 7.72. The second kappa shape index (κ2) is 5.85. The fourth-order valence-corrected chi connectivity index (χ4v) is 4.79. The third-order valence-electron chi connectivity index (χ3n) is 5.64. The first-order valence-corrected chi connectivity index (χ1v) is 9.80. The van der Waals surface area contributed by atoms with Crippen LogP contribution in [0, 0.1) is 0 Å². The summed E-state index contributed by atoms with van der Waals surface area (Å²) in [6.07, 6.45) is 0. The largest absolute Gasteiger partial charge is 0.299 e. The van der Waals surface area contributed by atoms with Crippen molar-refractivity contribution >= 4 is 49.6 Å². The molecule has 2 heteroatoms. The summed E-state index contributed by atoms with van der Waals surface area (Å²) in [7, 11) is 0. The molecule has 0 fully saturated rings. The zero-order valence-electron chi connectivity index (χ0n) is 15.1. The number of hydrogen-bond acceptors (Lipinski definition) is 0. The predicted molar refractivity (Wildman–Crippen MR) is 120 cm³/mol. The van der Waals surface area contributed by atoms with Crippen molar-refractivity contribution in [2.75, 3.05) is 0 Å². The standard InChI is InChI=1S/C26H16ClN/c27-23-16-8-15-22-24(17-9-2-1-3-10-17)25-20-13-6-4-11-18(20)19-12-5-7-14-21(19)26(25)28(22)23/h1-16H. The van der Waals surface area contributed by atoms with Crippen molar-refractivity contribution in [3.63, 3.8) is 0 Å². The van der Waals surface area contributed by atoms with Crippen LogP contribution < -0.4 is 0 Å². The van der Waals surface area contributed by atoms with E-state index in [1.807, 2.05) is 12.1 Å². The van der Waals surface area contributed by atoms with Crippen LogP contribution in [0.3, 0.4) is 0 Å². The molecule has 0 saturated heterocycles. The van der Waals surface area contributed by atoms with Crippen LogP contribution in [0.5, 0.6) is 0 Å². The van der Waals surface area contributed by atoms with Gasteiger partial charge in [-0.3, -0.25) is 4.40 Å². The van der Waals surface area contributed by atoms with Gasteiger partial charge in [-0.2, -0.15) is 0 Å². The molecule has 2 heterocycles. The number of rotatable bonds is 1. The molecule has 4 aromatic carbocycles. The van der Waals surface area contributed by atoms with Crippen molar-refractivity contribution < 1.29 is 0 Å². The second-order valence-corrected chi connectivity index (χ2v) is 7.51. The van der Waals surface area contributed by atoms with Crippen molar-refractivity contribution in [2.45, 2.75) is 0 Å². The lowest BCUT2D eigenvalue weighted by molar-refractivity contribution is 1.26. The van der Waals surface area contributed by atoms with E-state index in [9.17, 15) is 0 Å². The molecule has 6 rings (SSSR count). The lowest BCUT2D eigenvalue weighted by Gasteiger charge is -2.09. The Morgan fingerprint density at radius 1 is 0.536 bits per heavy atom. The fraction of sp³-hybridized carbons (Fsp3) is 0. The summed E-state index contributed by atoms with van der Waals surface area (Å²) in [5.41, 5.74) is 4.75. The average Bonchev–Trinajstić information content (AvgIpc) is 3.11. The molecule has 0 aliphatic rings. The molecular formula is C26H16ClN. The Morgan fingerprint density at radius 2 is 1.14 bits per heavy atom. The van der Waals surface area contributed by atoms with Gasteiger partial charge in [0.05, 0.1) is 11.0 Å². The van der Waals surface area contributed by atoms with Crippen molar-refractivity contribution in [3.8, 4) is 11.1 Å². The summed E-state index contributed by atoms with van der Waals surface area (Å²) in [5, 5.41) is 6.99. The summed E-state index contributed by atoms with van der Waals surface area (Å²) in [6.45, 7) is 0. The van der Waals surface area contributed by atoms with E-state index in [1.54, 1.807) is 0 Å². The first-order chi connectivity index (χ1) is 13.8. The van der Waals surface area contributed by atoms with E-state index in [-0.39, 0.29) is 0 Å². The van der Waals surface area contributed by atoms with Crippen molar-refractivity contribution in [3.05, 3.63) is 102 Å². The van der Waals surface area contributed by atoms with Crippen LogP contribution in [-0.4, -0.2) is 4.40 Å². The maximum Gasteiger partial charge on any atom is 0.113 e. The Kier molecular flexibility index (Phi) is 3.29. The molecule has 6 aromatic rings. The SMILES string of the molecule is Clc1cccc2c(-c3ccccc3)c3c4ccccc4c4ccccc4c3n12. The van der Waals surface area contributed by atoms with Crippen LogP contribution in [0.1, 0.15) is 0 Å². The molecule has 0 saturated carbocycles. The number of fused-ring (bicyclic) bond motifs is 8. The normalized spacial score (nSPS) is 11.8. The van der Waals surface area contributed by atoms with E-state index < -0.39 is 0 Å². The Bertz CT molecular complexity index is 1510. The highest BCUT2D eigenvalue weighted by molar-refractivity contribution is 6.34. The van der Waals surface area contributed by atoms with E-state index in [1.165, 1.54) is 43.6 Å². The molecule has 0 unspecified atom stereocenters. The van der Waals surface area contributed by atoms with Gasteiger partial charge in [0.1, 0.15) is 5.15 Å². The molecule has 0 spiro atoms. The van der Waals surface area contributed by atoms with Crippen LogP contribution in [0.15, 0.2) is 97.1 Å². The minimum atomic E-state index is 0.727. The molecule has 1 nitrogen and oxygen atoms in total. The summed E-state index contributed by atoms with van der Waals surface area (Å²) >= 11 is 6.75. The zero-order valence-corrected chi connectivity index (χ0v) is 15.8.